The number of hydrogen-bond acceptors (Lipinski definition) is 7. The average Bonchev–Trinajstić information content (AvgIpc) is 3.38. The second-order valence-electron chi connectivity index (χ2n) is 8.72. The number of nitrogens with one attached hydrogen (secondary N) is 1. The van der Waals surface area contributed by atoms with E-state index in [2.05, 4.69) is 15.5 Å². The summed E-state index contributed by atoms with van der Waals surface area (Å²) in [5, 5.41) is 12.2. The van der Waals surface area contributed by atoms with E-state index < -0.39 is 10.0 Å². The summed E-state index contributed by atoms with van der Waals surface area (Å²) >= 11 is 1.28. The highest BCUT2D eigenvalue weighted by atomic mass is 32.2. The number of carbonyl (C=O) groups excluding carboxylic acids is 1. The van der Waals surface area contributed by atoms with Crippen LogP contribution in [0.5, 0.6) is 0 Å². The first-order valence-corrected chi connectivity index (χ1v) is 14.5. The SMILES string of the molecule is Cc1ccc(NC(=O)CSc2nnc(-c3ccc(S(=O)(=O)N4CCOCC4)cc3)n2-c2ccccc2)cc1. The molecule has 0 atom stereocenters. The number of carbonyl (C=O) groups is 1. The van der Waals surface area contributed by atoms with Crippen molar-refractivity contribution in [2.24, 2.45) is 0 Å². The Morgan fingerprint density at radius 1 is 0.947 bits per heavy atom. The van der Waals surface area contributed by atoms with Crippen LogP contribution < -0.4 is 5.32 Å². The third-order valence-corrected chi connectivity index (χ3v) is 8.88. The molecule has 1 aliphatic rings. The zero-order chi connectivity index (χ0) is 26.5. The minimum Gasteiger partial charge on any atom is -0.379 e. The normalized spacial score (nSPS) is 14.3. The van der Waals surface area contributed by atoms with Gasteiger partial charge < -0.3 is 10.1 Å². The predicted octanol–water partition coefficient (Wildman–Crippen LogP) is 3.99. The summed E-state index contributed by atoms with van der Waals surface area (Å²) in [4.78, 5) is 12.8. The van der Waals surface area contributed by atoms with E-state index in [0.717, 1.165) is 16.9 Å². The Hall–Kier alpha value is -3.51. The fourth-order valence-electron chi connectivity index (χ4n) is 4.04. The van der Waals surface area contributed by atoms with Crippen molar-refractivity contribution in [3.8, 4) is 17.1 Å². The number of rotatable bonds is 8. The molecule has 1 amide bonds. The van der Waals surface area contributed by atoms with Gasteiger partial charge in [0.1, 0.15) is 0 Å². The first-order chi connectivity index (χ1) is 18.4. The van der Waals surface area contributed by atoms with Gasteiger partial charge in [0.25, 0.3) is 0 Å². The molecule has 11 heteroatoms. The van der Waals surface area contributed by atoms with Gasteiger partial charge in [0.15, 0.2) is 11.0 Å². The van der Waals surface area contributed by atoms with Gasteiger partial charge in [-0.1, -0.05) is 47.7 Å². The fraction of sp³-hybridized carbons (Fsp3) is 0.222. The van der Waals surface area contributed by atoms with Crippen LogP contribution in [0.25, 0.3) is 17.1 Å². The number of morpholine rings is 1. The Morgan fingerprint density at radius 2 is 1.63 bits per heavy atom. The van der Waals surface area contributed by atoms with Crippen LogP contribution in [0.2, 0.25) is 0 Å². The number of aromatic nitrogens is 3. The van der Waals surface area contributed by atoms with E-state index in [4.69, 9.17) is 4.74 Å². The van der Waals surface area contributed by atoms with E-state index >= 15 is 0 Å². The third kappa shape index (κ3) is 5.81. The monoisotopic (exact) mass is 549 g/mol. The second kappa shape index (κ2) is 11.5. The Bertz CT molecular complexity index is 1500. The van der Waals surface area contributed by atoms with E-state index in [1.54, 1.807) is 24.3 Å². The van der Waals surface area contributed by atoms with E-state index in [9.17, 15) is 13.2 Å². The molecule has 196 valence electrons. The summed E-state index contributed by atoms with van der Waals surface area (Å²) < 4.78 is 34.6. The smallest absolute Gasteiger partial charge is 0.243 e. The van der Waals surface area contributed by atoms with Crippen molar-refractivity contribution in [3.05, 3.63) is 84.4 Å². The van der Waals surface area contributed by atoms with E-state index in [1.165, 1.54) is 16.1 Å². The van der Waals surface area contributed by atoms with Crippen LogP contribution in [-0.4, -0.2) is 65.5 Å². The zero-order valence-electron chi connectivity index (χ0n) is 20.8. The minimum atomic E-state index is -3.60. The van der Waals surface area contributed by atoms with Crippen LogP contribution in [0.15, 0.2) is 88.9 Å². The van der Waals surface area contributed by atoms with Crippen LogP contribution in [0, 0.1) is 6.92 Å². The molecule has 1 saturated heterocycles. The van der Waals surface area contributed by atoms with Crippen LogP contribution in [0.1, 0.15) is 5.56 Å². The van der Waals surface area contributed by atoms with Crippen LogP contribution in [0.3, 0.4) is 0 Å². The molecule has 9 nitrogen and oxygen atoms in total. The van der Waals surface area contributed by atoms with Gasteiger partial charge >= 0.3 is 0 Å². The van der Waals surface area contributed by atoms with Crippen molar-refractivity contribution in [2.75, 3.05) is 37.4 Å². The van der Waals surface area contributed by atoms with Crippen molar-refractivity contribution in [1.29, 1.82) is 0 Å². The lowest BCUT2D eigenvalue weighted by Crippen LogP contribution is -2.40. The third-order valence-electron chi connectivity index (χ3n) is 6.04. The summed E-state index contributed by atoms with van der Waals surface area (Å²) in [5.74, 6) is 0.545. The molecule has 0 spiro atoms. The summed E-state index contributed by atoms with van der Waals surface area (Å²) in [6.07, 6.45) is 0. The Morgan fingerprint density at radius 3 is 2.32 bits per heavy atom. The lowest BCUT2D eigenvalue weighted by molar-refractivity contribution is -0.113. The van der Waals surface area contributed by atoms with E-state index in [1.807, 2.05) is 66.1 Å². The average molecular weight is 550 g/mol. The topological polar surface area (TPSA) is 106 Å². The summed E-state index contributed by atoms with van der Waals surface area (Å²) in [5.41, 5.74) is 3.39. The van der Waals surface area contributed by atoms with Gasteiger partial charge in [-0.2, -0.15) is 4.31 Å². The van der Waals surface area contributed by atoms with Crippen LogP contribution in [0.4, 0.5) is 5.69 Å². The molecule has 1 aromatic heterocycles. The van der Waals surface area contributed by atoms with Gasteiger partial charge in [-0.3, -0.25) is 9.36 Å². The molecule has 1 fully saturated rings. The minimum absolute atomic E-state index is 0.148. The number of thioether (sulfide) groups is 1. The van der Waals surface area contributed by atoms with Crippen molar-refractivity contribution in [3.63, 3.8) is 0 Å². The predicted molar refractivity (Wildman–Crippen MR) is 147 cm³/mol. The second-order valence-corrected chi connectivity index (χ2v) is 11.6. The molecule has 1 aliphatic heterocycles. The van der Waals surface area contributed by atoms with Crippen LogP contribution >= 0.6 is 11.8 Å². The maximum Gasteiger partial charge on any atom is 0.243 e. The number of hydrogen-bond donors (Lipinski definition) is 1. The Labute approximate surface area is 225 Å². The number of anilines is 1. The van der Waals surface area contributed by atoms with Gasteiger partial charge in [0.2, 0.25) is 15.9 Å². The summed E-state index contributed by atoms with van der Waals surface area (Å²) in [6, 6.07) is 23.9. The number of ether oxygens (including phenoxy) is 1. The van der Waals surface area contributed by atoms with Gasteiger partial charge in [-0.25, -0.2) is 8.42 Å². The molecule has 4 aromatic rings. The van der Waals surface area contributed by atoms with Gasteiger partial charge in [-0.15, -0.1) is 10.2 Å². The molecule has 38 heavy (non-hydrogen) atoms. The first-order valence-electron chi connectivity index (χ1n) is 12.1. The molecule has 0 aliphatic carbocycles. The lowest BCUT2D eigenvalue weighted by Gasteiger charge is -2.26. The quantitative estimate of drug-likeness (QED) is 0.331. The van der Waals surface area contributed by atoms with Gasteiger partial charge in [0.05, 0.1) is 23.9 Å². The summed E-state index contributed by atoms with van der Waals surface area (Å²) in [7, 11) is -3.60. The van der Waals surface area contributed by atoms with Gasteiger partial charge in [-0.05, 0) is 55.5 Å². The molecular weight excluding hydrogens is 522 g/mol. The number of aryl methyl sites for hydroxylation is 1. The van der Waals surface area contributed by atoms with Crippen molar-refractivity contribution >= 4 is 33.4 Å². The molecule has 0 radical (unpaired) electrons. The zero-order valence-corrected chi connectivity index (χ0v) is 22.4. The molecular formula is C27H27N5O4S2. The summed E-state index contributed by atoms with van der Waals surface area (Å²) in [6.45, 7) is 3.45. The number of benzene rings is 3. The molecule has 2 heterocycles. The van der Waals surface area contributed by atoms with Gasteiger partial charge in [0, 0.05) is 30.0 Å². The maximum absolute atomic E-state index is 13.0. The standard InChI is InChI=1S/C27H27N5O4S2/c1-20-7-11-22(12-8-20)28-25(33)19-37-27-30-29-26(32(27)23-5-3-2-4-6-23)21-9-13-24(14-10-21)38(34,35)31-15-17-36-18-16-31/h2-14H,15-19H2,1H3,(H,28,33). The number of sulfonamides is 1. The molecule has 0 bridgehead atoms. The van der Waals surface area contributed by atoms with Crippen molar-refractivity contribution < 1.29 is 17.9 Å². The number of nitrogens with zero attached hydrogens (tertiary/aromatic N) is 4. The molecule has 1 N–H and O–H groups in total. The highest BCUT2D eigenvalue weighted by Gasteiger charge is 2.26. The largest absolute Gasteiger partial charge is 0.379 e. The molecule has 0 saturated carbocycles. The Balaban J connectivity index is 1.38. The van der Waals surface area contributed by atoms with E-state index in [-0.39, 0.29) is 16.6 Å². The van der Waals surface area contributed by atoms with Crippen molar-refractivity contribution in [2.45, 2.75) is 17.0 Å². The molecule has 3 aromatic carbocycles. The van der Waals surface area contributed by atoms with Crippen molar-refractivity contribution in [1.82, 2.24) is 19.1 Å². The van der Waals surface area contributed by atoms with Crippen LogP contribution in [-0.2, 0) is 19.6 Å². The molecule has 0 unspecified atom stereocenters. The lowest BCUT2D eigenvalue weighted by atomic mass is 10.2. The molecule has 5 rings (SSSR count). The first kappa shape index (κ1) is 26.1. The number of para-hydroxylation sites is 1. The highest BCUT2D eigenvalue weighted by Crippen LogP contribution is 2.29. The number of amides is 1. The highest BCUT2D eigenvalue weighted by molar-refractivity contribution is 7.99. The van der Waals surface area contributed by atoms with E-state index in [0.29, 0.717) is 42.8 Å². The fourth-order valence-corrected chi connectivity index (χ4v) is 6.20. The maximum atomic E-state index is 13.0. The Kier molecular flexibility index (Phi) is 7.89.